The summed E-state index contributed by atoms with van der Waals surface area (Å²) < 4.78 is 6.55. The predicted molar refractivity (Wildman–Crippen MR) is 114 cm³/mol. The number of nitro groups is 1. The number of halogens is 1. The predicted octanol–water partition coefficient (Wildman–Crippen LogP) is 4.49. The molecular weight excluding hydrogens is 440 g/mol. The molecule has 0 unspecified atom stereocenters. The first kappa shape index (κ1) is 20.3. The summed E-state index contributed by atoms with van der Waals surface area (Å²) in [5.74, 6) is 0.377. The maximum absolute atomic E-state index is 11.8. The van der Waals surface area contributed by atoms with Gasteiger partial charge in [0.15, 0.2) is 0 Å². The lowest BCUT2D eigenvalue weighted by molar-refractivity contribution is -0.384. The van der Waals surface area contributed by atoms with Gasteiger partial charge in [-0.1, -0.05) is 22.0 Å². The van der Waals surface area contributed by atoms with E-state index in [-0.39, 0.29) is 18.1 Å². The van der Waals surface area contributed by atoms with Crippen LogP contribution in [0, 0.1) is 17.0 Å². The van der Waals surface area contributed by atoms with Gasteiger partial charge in [-0.3, -0.25) is 14.9 Å². The average Bonchev–Trinajstić information content (AvgIpc) is 3.16. The number of hydrogen-bond acceptors (Lipinski definition) is 6. The molecule has 0 radical (unpaired) electrons. The summed E-state index contributed by atoms with van der Waals surface area (Å²) in [5, 5.41) is 18.1. The van der Waals surface area contributed by atoms with Gasteiger partial charge < -0.3 is 9.73 Å². The van der Waals surface area contributed by atoms with Crippen LogP contribution in [0.4, 0.5) is 11.4 Å². The molecule has 0 spiro atoms. The van der Waals surface area contributed by atoms with E-state index in [1.165, 1.54) is 12.3 Å². The monoisotopic (exact) mass is 456 g/mol. The molecule has 148 valence electrons. The Labute approximate surface area is 174 Å². The van der Waals surface area contributed by atoms with Crippen molar-refractivity contribution < 1.29 is 14.1 Å². The Morgan fingerprint density at radius 2 is 1.97 bits per heavy atom. The molecule has 0 saturated carbocycles. The highest BCUT2D eigenvalue weighted by Gasteiger charge is 2.18. The van der Waals surface area contributed by atoms with Crippen molar-refractivity contribution >= 4 is 39.4 Å². The Morgan fingerprint density at radius 3 is 2.69 bits per heavy atom. The van der Waals surface area contributed by atoms with Crippen LogP contribution in [0.25, 0.3) is 11.3 Å². The molecule has 0 aliphatic rings. The van der Waals surface area contributed by atoms with E-state index in [1.54, 1.807) is 31.2 Å². The lowest BCUT2D eigenvalue weighted by Crippen LogP contribution is -2.25. The minimum atomic E-state index is -0.447. The third-order valence-corrected chi connectivity index (χ3v) is 4.45. The van der Waals surface area contributed by atoms with E-state index in [2.05, 4.69) is 31.8 Å². The number of benzene rings is 2. The number of nitro benzene ring substituents is 1. The number of rotatable bonds is 7. The summed E-state index contributed by atoms with van der Waals surface area (Å²) in [4.78, 5) is 22.7. The molecule has 0 fully saturated rings. The molecule has 0 bridgehead atoms. The van der Waals surface area contributed by atoms with E-state index in [9.17, 15) is 14.9 Å². The highest BCUT2D eigenvalue weighted by atomic mass is 79.9. The zero-order valence-electron chi connectivity index (χ0n) is 15.4. The van der Waals surface area contributed by atoms with Gasteiger partial charge in [-0.25, -0.2) is 5.43 Å². The van der Waals surface area contributed by atoms with Crippen LogP contribution < -0.4 is 10.7 Å². The van der Waals surface area contributed by atoms with Crippen molar-refractivity contribution in [3.8, 4) is 11.3 Å². The van der Waals surface area contributed by atoms with Gasteiger partial charge in [0.1, 0.15) is 11.5 Å². The van der Waals surface area contributed by atoms with Gasteiger partial charge in [-0.15, -0.1) is 0 Å². The summed E-state index contributed by atoms with van der Waals surface area (Å²) >= 11 is 3.34. The fourth-order valence-electron chi connectivity index (χ4n) is 2.53. The van der Waals surface area contributed by atoms with Crippen LogP contribution in [0.1, 0.15) is 11.3 Å². The van der Waals surface area contributed by atoms with Gasteiger partial charge in [0.05, 0.1) is 23.2 Å². The van der Waals surface area contributed by atoms with Gasteiger partial charge in [0, 0.05) is 16.2 Å². The van der Waals surface area contributed by atoms with E-state index in [4.69, 9.17) is 4.42 Å². The van der Waals surface area contributed by atoms with Crippen LogP contribution in [0.15, 0.2) is 68.6 Å². The van der Waals surface area contributed by atoms with Crippen molar-refractivity contribution in [1.82, 2.24) is 5.43 Å². The number of carbonyl (C=O) groups excluding carboxylic acids is 1. The molecule has 1 heterocycles. The molecule has 3 rings (SSSR count). The second-order valence-electron chi connectivity index (χ2n) is 6.13. The number of nitrogens with zero attached hydrogens (tertiary/aromatic N) is 2. The summed E-state index contributed by atoms with van der Waals surface area (Å²) in [6, 6.07) is 15.6. The van der Waals surface area contributed by atoms with E-state index in [0.717, 1.165) is 15.7 Å². The zero-order valence-corrected chi connectivity index (χ0v) is 17.0. The smallest absolute Gasteiger partial charge is 0.280 e. The minimum Gasteiger partial charge on any atom is -0.455 e. The normalized spacial score (nSPS) is 10.8. The molecule has 0 atom stereocenters. The van der Waals surface area contributed by atoms with Crippen LogP contribution in [0.5, 0.6) is 0 Å². The van der Waals surface area contributed by atoms with E-state index in [1.807, 2.05) is 24.3 Å². The van der Waals surface area contributed by atoms with Crippen molar-refractivity contribution in [2.75, 3.05) is 11.9 Å². The van der Waals surface area contributed by atoms with Crippen LogP contribution >= 0.6 is 15.9 Å². The Hall–Kier alpha value is -3.46. The van der Waals surface area contributed by atoms with Crippen molar-refractivity contribution in [2.24, 2.45) is 5.10 Å². The van der Waals surface area contributed by atoms with E-state index < -0.39 is 4.92 Å². The Kier molecular flexibility index (Phi) is 6.40. The molecule has 0 aliphatic carbocycles. The lowest BCUT2D eigenvalue weighted by atomic mass is 10.1. The first-order valence-corrected chi connectivity index (χ1v) is 9.38. The van der Waals surface area contributed by atoms with Crippen LogP contribution in [0.3, 0.4) is 0 Å². The molecule has 0 aliphatic heterocycles. The highest BCUT2D eigenvalue weighted by Crippen LogP contribution is 2.31. The molecule has 2 aromatic carbocycles. The van der Waals surface area contributed by atoms with Gasteiger partial charge in [-0.05, 0) is 55.0 Å². The molecule has 2 N–H and O–H groups in total. The van der Waals surface area contributed by atoms with Crippen LogP contribution in [0.2, 0.25) is 0 Å². The lowest BCUT2D eigenvalue weighted by Gasteiger charge is -2.04. The fraction of sp³-hybridized carbons (Fsp3) is 0.100. The van der Waals surface area contributed by atoms with Crippen molar-refractivity contribution in [1.29, 1.82) is 0 Å². The zero-order chi connectivity index (χ0) is 20.8. The van der Waals surface area contributed by atoms with Gasteiger partial charge >= 0.3 is 0 Å². The maximum atomic E-state index is 11.8. The standard InChI is InChI=1S/C20H17BrN4O4/c1-13-2-8-17(18(10-13)25(27)28)19-9-7-16(29-19)11-23-24-20(26)12-22-15-5-3-14(21)4-6-15/h2-11,22H,12H2,1H3,(H,24,26)/b23-11-. The SMILES string of the molecule is Cc1ccc(-c2ccc(/C=N\NC(=O)CNc3ccc(Br)cc3)o2)c([N+](=O)[O-])c1. The largest absolute Gasteiger partial charge is 0.455 e. The van der Waals surface area contributed by atoms with Crippen molar-refractivity contribution in [3.63, 3.8) is 0 Å². The number of amides is 1. The first-order valence-electron chi connectivity index (χ1n) is 8.59. The first-order chi connectivity index (χ1) is 13.9. The number of hydrogen-bond donors (Lipinski definition) is 2. The number of furan rings is 1. The minimum absolute atomic E-state index is 0.0323. The quantitative estimate of drug-likeness (QED) is 0.309. The molecule has 3 aromatic rings. The summed E-state index contributed by atoms with van der Waals surface area (Å²) in [5.41, 5.74) is 4.33. The third-order valence-electron chi connectivity index (χ3n) is 3.92. The summed E-state index contributed by atoms with van der Waals surface area (Å²) in [6.45, 7) is 1.84. The second-order valence-corrected chi connectivity index (χ2v) is 7.05. The highest BCUT2D eigenvalue weighted by molar-refractivity contribution is 9.10. The Balaban J connectivity index is 1.59. The van der Waals surface area contributed by atoms with Gasteiger partial charge in [0.2, 0.25) is 0 Å². The van der Waals surface area contributed by atoms with E-state index in [0.29, 0.717) is 17.1 Å². The topological polar surface area (TPSA) is 110 Å². The second kappa shape index (κ2) is 9.16. The molecule has 8 nitrogen and oxygen atoms in total. The van der Waals surface area contributed by atoms with Crippen LogP contribution in [-0.2, 0) is 4.79 Å². The summed E-state index contributed by atoms with van der Waals surface area (Å²) in [7, 11) is 0. The molecule has 0 saturated heterocycles. The fourth-order valence-corrected chi connectivity index (χ4v) is 2.79. The average molecular weight is 457 g/mol. The number of nitrogens with one attached hydrogen (secondary N) is 2. The molecule has 1 amide bonds. The van der Waals surface area contributed by atoms with Gasteiger partial charge in [0.25, 0.3) is 11.6 Å². The summed E-state index contributed by atoms with van der Waals surface area (Å²) in [6.07, 6.45) is 1.33. The van der Waals surface area contributed by atoms with Gasteiger partial charge in [-0.2, -0.15) is 5.10 Å². The molecule has 1 aromatic heterocycles. The number of hydrazone groups is 1. The maximum Gasteiger partial charge on any atom is 0.280 e. The van der Waals surface area contributed by atoms with Crippen molar-refractivity contribution in [2.45, 2.75) is 6.92 Å². The molecule has 9 heteroatoms. The number of aryl methyl sites for hydroxylation is 1. The van der Waals surface area contributed by atoms with Crippen molar-refractivity contribution in [3.05, 3.63) is 80.5 Å². The Morgan fingerprint density at radius 1 is 1.21 bits per heavy atom. The number of anilines is 1. The van der Waals surface area contributed by atoms with Crippen LogP contribution in [-0.4, -0.2) is 23.6 Å². The number of carbonyl (C=O) groups is 1. The third kappa shape index (κ3) is 5.52. The Bertz CT molecular complexity index is 1060. The molecular formula is C20H17BrN4O4. The molecule has 29 heavy (non-hydrogen) atoms. The van der Waals surface area contributed by atoms with E-state index >= 15 is 0 Å².